The largest absolute Gasteiger partial charge is 0.455 e. The van der Waals surface area contributed by atoms with Gasteiger partial charge in [0.25, 0.3) is 0 Å². The number of furan rings is 1. The van der Waals surface area contributed by atoms with E-state index in [1.165, 1.54) is 5.39 Å². The number of rotatable bonds is 4. The molecule has 4 nitrogen and oxygen atoms in total. The molecule has 228 valence electrons. The zero-order chi connectivity index (χ0) is 32.3. The molecule has 2 heterocycles. The molecule has 0 aliphatic rings. The van der Waals surface area contributed by atoms with E-state index in [-0.39, 0.29) is 0 Å². The fourth-order valence-electron chi connectivity index (χ4n) is 7.18. The first-order valence-electron chi connectivity index (χ1n) is 16.4. The van der Waals surface area contributed by atoms with Gasteiger partial charge in [-0.05, 0) is 56.3 Å². The Labute approximate surface area is 282 Å². The van der Waals surface area contributed by atoms with Crippen molar-refractivity contribution in [1.82, 2.24) is 15.0 Å². The predicted octanol–water partition coefficient (Wildman–Crippen LogP) is 11.9. The molecule has 0 saturated carbocycles. The molecule has 49 heavy (non-hydrogen) atoms. The highest BCUT2D eigenvalue weighted by atomic mass is 16.3. The molecule has 0 aliphatic carbocycles. The van der Waals surface area contributed by atoms with E-state index < -0.39 is 0 Å². The summed E-state index contributed by atoms with van der Waals surface area (Å²) in [4.78, 5) is 15.7. The zero-order valence-electron chi connectivity index (χ0n) is 26.3. The van der Waals surface area contributed by atoms with Gasteiger partial charge in [0.15, 0.2) is 17.5 Å². The van der Waals surface area contributed by atoms with E-state index >= 15 is 0 Å². The first-order valence-corrected chi connectivity index (χ1v) is 16.4. The number of fused-ring (bicyclic) bond motifs is 7. The molecule has 10 aromatic rings. The van der Waals surface area contributed by atoms with Crippen LogP contribution in [-0.4, -0.2) is 15.0 Å². The molecule has 0 spiro atoms. The lowest BCUT2D eigenvalue weighted by Gasteiger charge is -2.14. The minimum atomic E-state index is 0.614. The van der Waals surface area contributed by atoms with E-state index in [9.17, 15) is 0 Å². The SMILES string of the molecule is c1ccc(-c2cccc3c(-c4nc(-c5ccc6ccccc6c5)nc(-c5cccc6ccccc56)n4)cc4c5ccccc5oc4c23)cc1. The van der Waals surface area contributed by atoms with Crippen LogP contribution in [0.15, 0.2) is 168 Å². The van der Waals surface area contributed by atoms with Crippen molar-refractivity contribution in [3.63, 3.8) is 0 Å². The Kier molecular flexibility index (Phi) is 6.15. The molecule has 10 rings (SSSR count). The molecule has 0 saturated heterocycles. The number of benzene rings is 8. The van der Waals surface area contributed by atoms with Crippen LogP contribution in [-0.2, 0) is 0 Å². The van der Waals surface area contributed by atoms with Gasteiger partial charge in [-0.3, -0.25) is 0 Å². The summed E-state index contributed by atoms with van der Waals surface area (Å²) < 4.78 is 6.64. The van der Waals surface area contributed by atoms with E-state index in [4.69, 9.17) is 19.4 Å². The van der Waals surface area contributed by atoms with Crippen molar-refractivity contribution in [2.75, 3.05) is 0 Å². The second-order valence-electron chi connectivity index (χ2n) is 12.4. The maximum atomic E-state index is 6.64. The fraction of sp³-hybridized carbons (Fsp3) is 0. The molecule has 0 bridgehead atoms. The zero-order valence-corrected chi connectivity index (χ0v) is 26.3. The van der Waals surface area contributed by atoms with Crippen molar-refractivity contribution in [2.24, 2.45) is 0 Å². The highest BCUT2D eigenvalue weighted by Crippen LogP contribution is 2.43. The van der Waals surface area contributed by atoms with Crippen molar-refractivity contribution < 1.29 is 4.42 Å². The molecule has 0 radical (unpaired) electrons. The Morgan fingerprint density at radius 2 is 0.980 bits per heavy atom. The van der Waals surface area contributed by atoms with E-state index in [2.05, 4.69) is 146 Å². The van der Waals surface area contributed by atoms with E-state index in [1.54, 1.807) is 0 Å². The summed E-state index contributed by atoms with van der Waals surface area (Å²) >= 11 is 0. The maximum Gasteiger partial charge on any atom is 0.164 e. The summed E-state index contributed by atoms with van der Waals surface area (Å²) in [5.41, 5.74) is 6.76. The second-order valence-corrected chi connectivity index (χ2v) is 12.4. The Hall–Kier alpha value is -6.65. The van der Waals surface area contributed by atoms with E-state index in [0.29, 0.717) is 17.5 Å². The molecule has 0 amide bonds. The van der Waals surface area contributed by atoms with Crippen LogP contribution in [0.3, 0.4) is 0 Å². The summed E-state index contributed by atoms with van der Waals surface area (Å²) in [6, 6.07) is 56.8. The Morgan fingerprint density at radius 3 is 1.86 bits per heavy atom. The summed E-state index contributed by atoms with van der Waals surface area (Å²) in [6.45, 7) is 0. The topological polar surface area (TPSA) is 51.8 Å². The highest BCUT2D eigenvalue weighted by molar-refractivity contribution is 6.22. The van der Waals surface area contributed by atoms with Gasteiger partial charge >= 0.3 is 0 Å². The summed E-state index contributed by atoms with van der Waals surface area (Å²) in [7, 11) is 0. The first-order chi connectivity index (χ1) is 24.3. The lowest BCUT2D eigenvalue weighted by Crippen LogP contribution is -2.01. The molecule has 0 N–H and O–H groups in total. The van der Waals surface area contributed by atoms with Crippen LogP contribution in [0.1, 0.15) is 0 Å². The molecule has 0 aliphatic heterocycles. The smallest absolute Gasteiger partial charge is 0.164 e. The Morgan fingerprint density at radius 1 is 0.347 bits per heavy atom. The van der Waals surface area contributed by atoms with Gasteiger partial charge in [-0.25, -0.2) is 15.0 Å². The number of hydrogen-bond donors (Lipinski definition) is 0. The van der Waals surface area contributed by atoms with Crippen LogP contribution >= 0.6 is 0 Å². The summed E-state index contributed by atoms with van der Waals surface area (Å²) in [5.74, 6) is 1.88. The van der Waals surface area contributed by atoms with Gasteiger partial charge < -0.3 is 4.42 Å². The van der Waals surface area contributed by atoms with Crippen molar-refractivity contribution in [1.29, 1.82) is 0 Å². The molecule has 4 heteroatoms. The van der Waals surface area contributed by atoms with Crippen LogP contribution < -0.4 is 0 Å². The minimum Gasteiger partial charge on any atom is -0.455 e. The quantitative estimate of drug-likeness (QED) is 0.195. The highest BCUT2D eigenvalue weighted by Gasteiger charge is 2.21. The van der Waals surface area contributed by atoms with Crippen LogP contribution in [0.5, 0.6) is 0 Å². The maximum absolute atomic E-state index is 6.64. The van der Waals surface area contributed by atoms with Crippen LogP contribution in [0.2, 0.25) is 0 Å². The van der Waals surface area contributed by atoms with E-state index in [0.717, 1.165) is 76.7 Å². The normalized spacial score (nSPS) is 11.7. The van der Waals surface area contributed by atoms with Crippen molar-refractivity contribution in [2.45, 2.75) is 0 Å². The molecule has 0 fully saturated rings. The lowest BCUT2D eigenvalue weighted by atomic mass is 9.93. The second kappa shape index (κ2) is 11.0. The Balaban J connectivity index is 1.32. The lowest BCUT2D eigenvalue weighted by molar-refractivity contribution is 0.673. The van der Waals surface area contributed by atoms with Crippen LogP contribution in [0.4, 0.5) is 0 Å². The Bertz CT molecular complexity index is 2890. The number of nitrogens with zero attached hydrogens (tertiary/aromatic N) is 3. The number of para-hydroxylation sites is 1. The van der Waals surface area contributed by atoms with Crippen molar-refractivity contribution in [3.05, 3.63) is 164 Å². The van der Waals surface area contributed by atoms with Gasteiger partial charge in [-0.2, -0.15) is 0 Å². The summed E-state index contributed by atoms with van der Waals surface area (Å²) in [6.07, 6.45) is 0. The van der Waals surface area contributed by atoms with Gasteiger partial charge in [0.1, 0.15) is 11.2 Å². The number of aromatic nitrogens is 3. The fourth-order valence-corrected chi connectivity index (χ4v) is 7.18. The molecule has 0 unspecified atom stereocenters. The van der Waals surface area contributed by atoms with Crippen molar-refractivity contribution in [3.8, 4) is 45.3 Å². The third kappa shape index (κ3) is 4.49. The molecule has 0 atom stereocenters. The van der Waals surface area contributed by atoms with Gasteiger partial charge in [-0.1, -0.05) is 146 Å². The third-order valence-corrected chi connectivity index (χ3v) is 9.50. The molecular weight excluding hydrogens is 599 g/mol. The average molecular weight is 626 g/mol. The molecule has 2 aromatic heterocycles. The number of hydrogen-bond acceptors (Lipinski definition) is 4. The van der Waals surface area contributed by atoms with Crippen LogP contribution in [0, 0.1) is 0 Å². The monoisotopic (exact) mass is 625 g/mol. The predicted molar refractivity (Wildman–Crippen MR) is 201 cm³/mol. The molecular formula is C45H27N3O. The standard InChI is InChI=1S/C45H27N3O/c1-2-13-30(14-3-1)34-20-11-21-36-39(27-38-35-19-8-9-23-40(35)49-42(38)41(34)36)45-47-43(32-25-24-28-12-4-5-16-31(28)26-32)46-44(48-45)37-22-10-17-29-15-6-7-18-33(29)37/h1-27H. The van der Waals surface area contributed by atoms with Gasteiger partial charge in [0, 0.05) is 32.8 Å². The van der Waals surface area contributed by atoms with Gasteiger partial charge in [-0.15, -0.1) is 0 Å². The molecule has 8 aromatic carbocycles. The summed E-state index contributed by atoms with van der Waals surface area (Å²) in [5, 5.41) is 8.69. The third-order valence-electron chi connectivity index (χ3n) is 9.50. The van der Waals surface area contributed by atoms with Gasteiger partial charge in [0.05, 0.1) is 0 Å². The minimum absolute atomic E-state index is 0.614. The first kappa shape index (κ1) is 27.5. The van der Waals surface area contributed by atoms with Crippen molar-refractivity contribution >= 4 is 54.3 Å². The van der Waals surface area contributed by atoms with Crippen LogP contribution in [0.25, 0.3) is 99.5 Å². The van der Waals surface area contributed by atoms with Gasteiger partial charge in [0.2, 0.25) is 0 Å². The van der Waals surface area contributed by atoms with E-state index in [1.807, 2.05) is 18.2 Å². The average Bonchev–Trinajstić information content (AvgIpc) is 3.56.